The van der Waals surface area contributed by atoms with E-state index in [1.807, 2.05) is 0 Å². The summed E-state index contributed by atoms with van der Waals surface area (Å²) in [5, 5.41) is 22.0. The highest BCUT2D eigenvalue weighted by molar-refractivity contribution is 5.91. The Morgan fingerprint density at radius 3 is 2.67 bits per heavy atom. The summed E-state index contributed by atoms with van der Waals surface area (Å²) in [4.78, 5) is 11.1. The summed E-state index contributed by atoms with van der Waals surface area (Å²) in [5.41, 5.74) is 1.84. The van der Waals surface area contributed by atoms with E-state index in [1.54, 1.807) is 26.0 Å². The van der Waals surface area contributed by atoms with Crippen molar-refractivity contribution in [1.29, 1.82) is 0 Å². The molecule has 0 saturated heterocycles. The Bertz CT molecular complexity index is 685. The van der Waals surface area contributed by atoms with Gasteiger partial charge in [-0.2, -0.15) is 0 Å². The number of benzene rings is 2. The van der Waals surface area contributed by atoms with Crippen LogP contribution in [0.5, 0.6) is 5.75 Å². The van der Waals surface area contributed by atoms with Crippen molar-refractivity contribution in [3.8, 4) is 5.75 Å². The molecule has 0 bridgehead atoms. The van der Waals surface area contributed by atoms with Crippen LogP contribution in [0.1, 0.15) is 34.5 Å². The molecule has 21 heavy (non-hydrogen) atoms. The van der Waals surface area contributed by atoms with Gasteiger partial charge in [0, 0.05) is 11.3 Å². The number of phenols is 1. The number of hydrogen-bond donors (Lipinski definition) is 3. The van der Waals surface area contributed by atoms with E-state index < -0.39 is 11.8 Å². The van der Waals surface area contributed by atoms with Gasteiger partial charge in [0.1, 0.15) is 11.6 Å². The predicted octanol–water partition coefficient (Wildman–Crippen LogP) is 3.71. The van der Waals surface area contributed by atoms with Crippen LogP contribution >= 0.6 is 0 Å². The van der Waals surface area contributed by atoms with Gasteiger partial charge in [-0.05, 0) is 49.7 Å². The average molecular weight is 289 g/mol. The van der Waals surface area contributed by atoms with Crippen molar-refractivity contribution in [1.82, 2.24) is 0 Å². The number of nitrogens with one attached hydrogen (secondary N) is 1. The summed E-state index contributed by atoms with van der Waals surface area (Å²) in [7, 11) is 0. The van der Waals surface area contributed by atoms with Crippen LogP contribution in [0.15, 0.2) is 36.4 Å². The molecule has 0 spiro atoms. The molecule has 1 atom stereocenters. The molecule has 0 aliphatic rings. The molecule has 0 heterocycles. The van der Waals surface area contributed by atoms with Crippen molar-refractivity contribution in [2.45, 2.75) is 19.9 Å². The quantitative estimate of drug-likeness (QED) is 0.802. The lowest BCUT2D eigenvalue weighted by molar-refractivity contribution is 0.0696. The first kappa shape index (κ1) is 14.8. The standard InChI is InChI=1S/C16H16FNO3/c1-9-12(16(20)21)4-3-5-14(9)18-10(2)13-8-11(17)6-7-15(13)19/h3-8,10,18-19H,1-2H3,(H,20,21). The lowest BCUT2D eigenvalue weighted by atomic mass is 10.0. The highest BCUT2D eigenvalue weighted by Crippen LogP contribution is 2.29. The molecular weight excluding hydrogens is 273 g/mol. The van der Waals surface area contributed by atoms with Gasteiger partial charge in [0.25, 0.3) is 0 Å². The fourth-order valence-corrected chi connectivity index (χ4v) is 2.21. The Labute approximate surface area is 121 Å². The van der Waals surface area contributed by atoms with Gasteiger partial charge in [-0.25, -0.2) is 9.18 Å². The number of aromatic carboxylic acids is 1. The molecule has 3 N–H and O–H groups in total. The Balaban J connectivity index is 2.32. The second-order valence-corrected chi connectivity index (χ2v) is 4.85. The van der Waals surface area contributed by atoms with Crippen molar-refractivity contribution in [2.24, 2.45) is 0 Å². The lowest BCUT2D eigenvalue weighted by Gasteiger charge is -2.19. The first-order chi connectivity index (χ1) is 9.90. The molecule has 2 aromatic carbocycles. The second kappa shape index (κ2) is 5.83. The number of anilines is 1. The number of carbonyl (C=O) groups is 1. The minimum Gasteiger partial charge on any atom is -0.508 e. The normalized spacial score (nSPS) is 12.0. The highest BCUT2D eigenvalue weighted by atomic mass is 19.1. The van der Waals surface area contributed by atoms with Gasteiger partial charge < -0.3 is 15.5 Å². The molecule has 5 heteroatoms. The first-order valence-electron chi connectivity index (χ1n) is 6.48. The predicted molar refractivity (Wildman–Crippen MR) is 78.2 cm³/mol. The van der Waals surface area contributed by atoms with Crippen LogP contribution in [-0.2, 0) is 0 Å². The molecule has 0 aliphatic carbocycles. The van der Waals surface area contributed by atoms with Gasteiger partial charge in [-0.3, -0.25) is 0 Å². The maximum atomic E-state index is 13.3. The zero-order valence-electron chi connectivity index (χ0n) is 11.7. The molecule has 4 nitrogen and oxygen atoms in total. The summed E-state index contributed by atoms with van der Waals surface area (Å²) < 4.78 is 13.3. The Morgan fingerprint density at radius 2 is 2.00 bits per heavy atom. The molecule has 0 fully saturated rings. The SMILES string of the molecule is Cc1c(NC(C)c2cc(F)ccc2O)cccc1C(=O)O. The third-order valence-electron chi connectivity index (χ3n) is 3.39. The number of carboxylic acids is 1. The number of carboxylic acid groups (broad SMARTS) is 1. The van der Waals surface area contributed by atoms with Crippen LogP contribution in [0.25, 0.3) is 0 Å². The maximum Gasteiger partial charge on any atom is 0.336 e. The minimum absolute atomic E-state index is 0.0107. The molecule has 2 rings (SSSR count). The van der Waals surface area contributed by atoms with Gasteiger partial charge in [0.2, 0.25) is 0 Å². The van der Waals surface area contributed by atoms with E-state index >= 15 is 0 Å². The number of rotatable bonds is 4. The van der Waals surface area contributed by atoms with E-state index in [0.29, 0.717) is 16.8 Å². The third-order valence-corrected chi connectivity index (χ3v) is 3.39. The monoisotopic (exact) mass is 289 g/mol. The van der Waals surface area contributed by atoms with Crippen molar-refractivity contribution in [3.05, 3.63) is 58.9 Å². The van der Waals surface area contributed by atoms with Crippen molar-refractivity contribution < 1.29 is 19.4 Å². The number of aromatic hydroxyl groups is 1. The molecule has 2 aromatic rings. The van der Waals surface area contributed by atoms with E-state index in [9.17, 15) is 14.3 Å². The average Bonchev–Trinajstić information content (AvgIpc) is 2.43. The van der Waals surface area contributed by atoms with Gasteiger partial charge in [-0.1, -0.05) is 6.07 Å². The van der Waals surface area contributed by atoms with E-state index in [1.165, 1.54) is 24.3 Å². The summed E-state index contributed by atoms with van der Waals surface area (Å²) in [5.74, 6) is -1.45. The van der Waals surface area contributed by atoms with Crippen LogP contribution < -0.4 is 5.32 Å². The van der Waals surface area contributed by atoms with E-state index in [-0.39, 0.29) is 17.4 Å². The molecule has 1 unspecified atom stereocenters. The zero-order valence-corrected chi connectivity index (χ0v) is 11.7. The Kier molecular flexibility index (Phi) is 4.12. The lowest BCUT2D eigenvalue weighted by Crippen LogP contribution is -2.10. The number of hydrogen-bond acceptors (Lipinski definition) is 3. The Morgan fingerprint density at radius 1 is 1.29 bits per heavy atom. The van der Waals surface area contributed by atoms with Gasteiger partial charge in [0.15, 0.2) is 0 Å². The van der Waals surface area contributed by atoms with Crippen molar-refractivity contribution >= 4 is 11.7 Å². The maximum absolute atomic E-state index is 13.3. The summed E-state index contributed by atoms with van der Waals surface area (Å²) in [6.45, 7) is 3.46. The molecule has 0 saturated carbocycles. The summed E-state index contributed by atoms with van der Waals surface area (Å²) in [6, 6.07) is 8.26. The third kappa shape index (κ3) is 3.13. The highest BCUT2D eigenvalue weighted by Gasteiger charge is 2.15. The fraction of sp³-hybridized carbons (Fsp3) is 0.188. The van der Waals surface area contributed by atoms with Crippen LogP contribution in [-0.4, -0.2) is 16.2 Å². The van der Waals surface area contributed by atoms with Crippen molar-refractivity contribution in [2.75, 3.05) is 5.32 Å². The van der Waals surface area contributed by atoms with Gasteiger partial charge in [0.05, 0.1) is 11.6 Å². The minimum atomic E-state index is -1.00. The zero-order chi connectivity index (χ0) is 15.6. The number of phenolic OH excluding ortho intramolecular Hbond substituents is 1. The van der Waals surface area contributed by atoms with Crippen LogP contribution in [0.2, 0.25) is 0 Å². The molecule has 0 aliphatic heterocycles. The second-order valence-electron chi connectivity index (χ2n) is 4.85. The van der Waals surface area contributed by atoms with Crippen LogP contribution in [0.4, 0.5) is 10.1 Å². The van der Waals surface area contributed by atoms with Crippen LogP contribution in [0, 0.1) is 12.7 Å². The summed E-state index contributed by atoms with van der Waals surface area (Å²) in [6.07, 6.45) is 0. The fourth-order valence-electron chi connectivity index (χ4n) is 2.21. The topological polar surface area (TPSA) is 69.6 Å². The molecule has 0 aromatic heterocycles. The molecule has 0 radical (unpaired) electrons. The molecule has 0 amide bonds. The summed E-state index contributed by atoms with van der Waals surface area (Å²) >= 11 is 0. The van der Waals surface area contributed by atoms with E-state index in [4.69, 9.17) is 5.11 Å². The smallest absolute Gasteiger partial charge is 0.336 e. The largest absolute Gasteiger partial charge is 0.508 e. The molecular formula is C16H16FNO3. The van der Waals surface area contributed by atoms with E-state index in [0.717, 1.165) is 0 Å². The van der Waals surface area contributed by atoms with Gasteiger partial charge >= 0.3 is 5.97 Å². The van der Waals surface area contributed by atoms with Gasteiger partial charge in [-0.15, -0.1) is 0 Å². The Hall–Kier alpha value is -2.56. The molecule has 110 valence electrons. The van der Waals surface area contributed by atoms with E-state index in [2.05, 4.69) is 5.32 Å². The van der Waals surface area contributed by atoms with Crippen LogP contribution in [0.3, 0.4) is 0 Å². The first-order valence-corrected chi connectivity index (χ1v) is 6.48. The van der Waals surface area contributed by atoms with Crippen molar-refractivity contribution in [3.63, 3.8) is 0 Å². The number of halogens is 1.